The molecular weight excluding hydrogens is 236 g/mol. The molecule has 1 aliphatic rings. The van der Waals surface area contributed by atoms with Crippen molar-refractivity contribution in [2.24, 2.45) is 11.8 Å². The van der Waals surface area contributed by atoms with Crippen LogP contribution in [0.1, 0.15) is 32.6 Å². The summed E-state index contributed by atoms with van der Waals surface area (Å²) in [7, 11) is 0. The number of hydrogen-bond donors (Lipinski definition) is 3. The first-order valence-corrected chi connectivity index (χ1v) is 6.27. The molecule has 102 valence electrons. The van der Waals surface area contributed by atoms with Crippen molar-refractivity contribution in [1.29, 1.82) is 0 Å². The molecule has 0 spiro atoms. The molecule has 1 saturated carbocycles. The van der Waals surface area contributed by atoms with Gasteiger partial charge in [-0.2, -0.15) is 0 Å². The summed E-state index contributed by atoms with van der Waals surface area (Å²) in [6.07, 6.45) is 2.96. The zero-order valence-electron chi connectivity index (χ0n) is 10.6. The van der Waals surface area contributed by atoms with E-state index < -0.39 is 17.8 Å². The SMILES string of the molecule is CC(=O)NCCNC(=O)C1CCCCC1C(=O)O. The van der Waals surface area contributed by atoms with Crippen LogP contribution in [-0.2, 0) is 14.4 Å². The largest absolute Gasteiger partial charge is 0.481 e. The average Bonchev–Trinajstić information content (AvgIpc) is 2.34. The van der Waals surface area contributed by atoms with Crippen molar-refractivity contribution in [1.82, 2.24) is 10.6 Å². The molecule has 0 aromatic heterocycles. The van der Waals surface area contributed by atoms with Crippen LogP contribution in [0.15, 0.2) is 0 Å². The summed E-state index contributed by atoms with van der Waals surface area (Å²) in [5.41, 5.74) is 0. The maximum Gasteiger partial charge on any atom is 0.307 e. The van der Waals surface area contributed by atoms with Crippen molar-refractivity contribution in [3.63, 3.8) is 0 Å². The molecule has 1 rings (SSSR count). The second-order valence-corrected chi connectivity index (χ2v) is 4.61. The van der Waals surface area contributed by atoms with Gasteiger partial charge in [0.1, 0.15) is 0 Å². The Hall–Kier alpha value is -1.59. The van der Waals surface area contributed by atoms with E-state index in [1.165, 1.54) is 6.92 Å². The van der Waals surface area contributed by atoms with Crippen molar-refractivity contribution in [3.8, 4) is 0 Å². The van der Waals surface area contributed by atoms with E-state index in [4.69, 9.17) is 5.11 Å². The highest BCUT2D eigenvalue weighted by Crippen LogP contribution is 2.30. The van der Waals surface area contributed by atoms with Crippen molar-refractivity contribution in [2.45, 2.75) is 32.6 Å². The molecule has 6 heteroatoms. The van der Waals surface area contributed by atoms with Gasteiger partial charge in [-0.3, -0.25) is 14.4 Å². The van der Waals surface area contributed by atoms with Gasteiger partial charge in [-0.1, -0.05) is 12.8 Å². The van der Waals surface area contributed by atoms with E-state index in [1.807, 2.05) is 0 Å². The molecule has 2 amide bonds. The average molecular weight is 256 g/mol. The van der Waals surface area contributed by atoms with Crippen LogP contribution < -0.4 is 10.6 Å². The Balaban J connectivity index is 2.38. The fourth-order valence-corrected chi connectivity index (χ4v) is 2.30. The van der Waals surface area contributed by atoms with Gasteiger partial charge in [-0.25, -0.2) is 0 Å². The van der Waals surface area contributed by atoms with E-state index in [1.54, 1.807) is 0 Å². The molecule has 0 heterocycles. The first kappa shape index (κ1) is 14.5. The fourth-order valence-electron chi connectivity index (χ4n) is 2.30. The molecule has 18 heavy (non-hydrogen) atoms. The lowest BCUT2D eigenvalue weighted by Gasteiger charge is -2.27. The van der Waals surface area contributed by atoms with E-state index in [2.05, 4.69) is 10.6 Å². The number of nitrogens with one attached hydrogen (secondary N) is 2. The molecule has 1 fully saturated rings. The number of carboxylic acid groups (broad SMARTS) is 1. The Morgan fingerprint density at radius 1 is 1.06 bits per heavy atom. The zero-order valence-corrected chi connectivity index (χ0v) is 10.6. The first-order chi connectivity index (χ1) is 8.52. The molecule has 0 aromatic carbocycles. The topological polar surface area (TPSA) is 95.5 Å². The number of hydrogen-bond acceptors (Lipinski definition) is 3. The van der Waals surface area contributed by atoms with Crippen LogP contribution in [0.4, 0.5) is 0 Å². The smallest absolute Gasteiger partial charge is 0.307 e. The summed E-state index contributed by atoms with van der Waals surface area (Å²) in [5, 5.41) is 14.3. The number of aliphatic carboxylic acids is 1. The maximum atomic E-state index is 11.9. The molecule has 0 radical (unpaired) electrons. The third-order valence-electron chi connectivity index (χ3n) is 3.22. The highest BCUT2D eigenvalue weighted by Gasteiger charge is 2.35. The fraction of sp³-hybridized carbons (Fsp3) is 0.750. The summed E-state index contributed by atoms with van der Waals surface area (Å²) in [6, 6.07) is 0. The Labute approximate surface area is 106 Å². The van der Waals surface area contributed by atoms with Gasteiger partial charge in [-0.05, 0) is 12.8 Å². The number of carbonyl (C=O) groups excluding carboxylic acids is 2. The van der Waals surface area contributed by atoms with Gasteiger partial charge in [0.2, 0.25) is 11.8 Å². The van der Waals surface area contributed by atoms with E-state index in [0.717, 1.165) is 12.8 Å². The van der Waals surface area contributed by atoms with E-state index in [-0.39, 0.29) is 11.8 Å². The molecule has 0 aliphatic heterocycles. The summed E-state index contributed by atoms with van der Waals surface area (Å²) in [6.45, 7) is 2.11. The van der Waals surface area contributed by atoms with Crippen molar-refractivity contribution < 1.29 is 19.5 Å². The third-order valence-corrected chi connectivity index (χ3v) is 3.22. The lowest BCUT2D eigenvalue weighted by atomic mass is 9.79. The molecule has 6 nitrogen and oxygen atoms in total. The molecule has 1 aliphatic carbocycles. The lowest BCUT2D eigenvalue weighted by molar-refractivity contribution is -0.148. The van der Waals surface area contributed by atoms with Gasteiger partial charge >= 0.3 is 5.97 Å². The Morgan fingerprint density at radius 3 is 2.17 bits per heavy atom. The molecule has 3 N–H and O–H groups in total. The second-order valence-electron chi connectivity index (χ2n) is 4.61. The van der Waals surface area contributed by atoms with Gasteiger partial charge in [0.15, 0.2) is 0 Å². The van der Waals surface area contributed by atoms with E-state index >= 15 is 0 Å². The first-order valence-electron chi connectivity index (χ1n) is 6.27. The van der Waals surface area contributed by atoms with Gasteiger partial charge in [0.25, 0.3) is 0 Å². The summed E-state index contributed by atoms with van der Waals surface area (Å²) in [4.78, 5) is 33.6. The van der Waals surface area contributed by atoms with Crippen LogP contribution in [0.5, 0.6) is 0 Å². The molecule has 0 aromatic rings. The summed E-state index contributed by atoms with van der Waals surface area (Å²) < 4.78 is 0. The Bertz CT molecular complexity index is 330. The minimum absolute atomic E-state index is 0.148. The van der Waals surface area contributed by atoms with E-state index in [0.29, 0.717) is 25.9 Å². The van der Waals surface area contributed by atoms with Crippen molar-refractivity contribution in [2.75, 3.05) is 13.1 Å². The van der Waals surface area contributed by atoms with Crippen LogP contribution in [0.25, 0.3) is 0 Å². The summed E-state index contributed by atoms with van der Waals surface area (Å²) >= 11 is 0. The van der Waals surface area contributed by atoms with Gasteiger partial charge in [0, 0.05) is 20.0 Å². The van der Waals surface area contributed by atoms with Gasteiger partial charge < -0.3 is 15.7 Å². The predicted molar refractivity (Wildman–Crippen MR) is 64.8 cm³/mol. The quantitative estimate of drug-likeness (QED) is 0.609. The third kappa shape index (κ3) is 4.35. The number of carboxylic acids is 1. The summed E-state index contributed by atoms with van der Waals surface area (Å²) in [5.74, 6) is -2.26. The standard InChI is InChI=1S/C12H20N2O4/c1-8(15)13-6-7-14-11(16)9-4-2-3-5-10(9)12(17)18/h9-10H,2-7H2,1H3,(H,13,15)(H,14,16)(H,17,18). The maximum absolute atomic E-state index is 11.9. The molecule has 0 saturated heterocycles. The lowest BCUT2D eigenvalue weighted by Crippen LogP contribution is -2.42. The highest BCUT2D eigenvalue weighted by atomic mass is 16.4. The van der Waals surface area contributed by atoms with Crippen LogP contribution in [0.2, 0.25) is 0 Å². The van der Waals surface area contributed by atoms with Crippen LogP contribution in [-0.4, -0.2) is 36.0 Å². The minimum Gasteiger partial charge on any atom is -0.481 e. The second kappa shape index (κ2) is 6.98. The molecule has 2 unspecified atom stereocenters. The van der Waals surface area contributed by atoms with Crippen LogP contribution in [0, 0.1) is 11.8 Å². The minimum atomic E-state index is -0.892. The molecule has 2 atom stereocenters. The number of rotatable bonds is 5. The van der Waals surface area contributed by atoms with Crippen molar-refractivity contribution in [3.05, 3.63) is 0 Å². The highest BCUT2D eigenvalue weighted by molar-refractivity contribution is 5.84. The van der Waals surface area contributed by atoms with E-state index in [9.17, 15) is 14.4 Å². The Kier molecular flexibility index (Phi) is 5.61. The number of amides is 2. The predicted octanol–water partition coefficient (Wildman–Crippen LogP) is 0.130. The van der Waals surface area contributed by atoms with Crippen LogP contribution >= 0.6 is 0 Å². The zero-order chi connectivity index (χ0) is 13.5. The van der Waals surface area contributed by atoms with Crippen LogP contribution in [0.3, 0.4) is 0 Å². The van der Waals surface area contributed by atoms with Gasteiger partial charge in [0.05, 0.1) is 11.8 Å². The number of carbonyl (C=O) groups is 3. The normalized spacial score (nSPS) is 23.2. The molecular formula is C12H20N2O4. The van der Waals surface area contributed by atoms with Crippen molar-refractivity contribution >= 4 is 17.8 Å². The Morgan fingerprint density at radius 2 is 1.61 bits per heavy atom. The van der Waals surface area contributed by atoms with Gasteiger partial charge in [-0.15, -0.1) is 0 Å². The monoisotopic (exact) mass is 256 g/mol. The molecule has 0 bridgehead atoms.